The Morgan fingerprint density at radius 1 is 0.820 bits per heavy atom. The molecule has 3 atom stereocenters. The van der Waals surface area contributed by atoms with Crippen LogP contribution < -0.4 is 27.4 Å². The lowest BCUT2D eigenvalue weighted by molar-refractivity contribution is -0.132. The van der Waals surface area contributed by atoms with Crippen LogP contribution in [0.2, 0.25) is 0 Å². The Balaban J connectivity index is 1.36. The number of amides is 3. The Hall–Kier alpha value is -5.47. The van der Waals surface area contributed by atoms with Gasteiger partial charge in [-0.15, -0.1) is 22.7 Å². The minimum atomic E-state index is -1.19. The number of carbonyl (C=O) groups excluding carboxylic acids is 4. The van der Waals surface area contributed by atoms with E-state index in [1.54, 1.807) is 41.2 Å². The van der Waals surface area contributed by atoms with Crippen molar-refractivity contribution in [2.45, 2.75) is 50.2 Å². The standard InChI is InChI=1S/C36H38N8O4S2/c37-36(38)39-19-9-15-27(32(46)35-43-26-14-7-8-16-29(26)50-35)42-34(48)31(24-12-5-2-6-13-24)44-33(47)28(20-25-21-49-22-40-25)41-30(45)18-17-23-10-3-1-4-11-23/h1-8,10-14,16,21-22,27-28,31H,9,15,17-20H2,(H,41,45)(H,42,48)(H,44,47)(H4,37,38,39)/t27-,28-,31-/m0/s1. The first kappa shape index (κ1) is 35.8. The van der Waals surface area contributed by atoms with Gasteiger partial charge in [0.15, 0.2) is 11.0 Å². The second-order valence-electron chi connectivity index (χ2n) is 11.5. The van der Waals surface area contributed by atoms with Crippen molar-refractivity contribution in [3.8, 4) is 0 Å². The fourth-order valence-electron chi connectivity index (χ4n) is 5.27. The van der Waals surface area contributed by atoms with Crippen LogP contribution in [0.15, 0.2) is 101 Å². The fourth-order valence-corrected chi connectivity index (χ4v) is 6.80. The van der Waals surface area contributed by atoms with Crippen LogP contribution in [0.3, 0.4) is 0 Å². The zero-order valence-electron chi connectivity index (χ0n) is 27.2. The maximum Gasteiger partial charge on any atom is 0.247 e. The molecule has 0 aliphatic heterocycles. The van der Waals surface area contributed by atoms with Gasteiger partial charge in [-0.1, -0.05) is 72.8 Å². The predicted molar refractivity (Wildman–Crippen MR) is 196 cm³/mol. The van der Waals surface area contributed by atoms with E-state index in [1.165, 1.54) is 22.7 Å². The highest BCUT2D eigenvalue weighted by Gasteiger charge is 2.32. The number of nitrogens with one attached hydrogen (secondary N) is 3. The molecule has 0 spiro atoms. The number of guanidine groups is 1. The van der Waals surface area contributed by atoms with Gasteiger partial charge in [0.25, 0.3) is 0 Å². The molecule has 3 amide bonds. The maximum atomic E-state index is 14.1. The Morgan fingerprint density at radius 3 is 2.24 bits per heavy atom. The first-order chi connectivity index (χ1) is 24.3. The van der Waals surface area contributed by atoms with Crippen LogP contribution >= 0.6 is 22.7 Å². The molecule has 12 nitrogen and oxygen atoms in total. The van der Waals surface area contributed by atoms with Gasteiger partial charge >= 0.3 is 0 Å². The van der Waals surface area contributed by atoms with Crippen LogP contribution in [0.25, 0.3) is 10.2 Å². The smallest absolute Gasteiger partial charge is 0.247 e. The summed E-state index contributed by atoms with van der Waals surface area (Å²) in [6.07, 6.45) is 1.41. The number of hydrogen-bond acceptors (Lipinski definition) is 9. The number of nitrogens with two attached hydrogens (primary N) is 2. The minimum Gasteiger partial charge on any atom is -0.370 e. The van der Waals surface area contributed by atoms with Crippen LogP contribution in [-0.4, -0.2) is 58.1 Å². The van der Waals surface area contributed by atoms with Gasteiger partial charge < -0.3 is 27.4 Å². The number of thiazole rings is 2. The van der Waals surface area contributed by atoms with Crippen molar-refractivity contribution in [2.75, 3.05) is 6.54 Å². The molecule has 0 bridgehead atoms. The molecule has 0 saturated heterocycles. The number of rotatable bonds is 17. The Bertz CT molecular complexity index is 1880. The van der Waals surface area contributed by atoms with Gasteiger partial charge in [-0.3, -0.25) is 24.2 Å². The third-order valence-electron chi connectivity index (χ3n) is 7.80. The van der Waals surface area contributed by atoms with E-state index in [0.29, 0.717) is 29.6 Å². The van der Waals surface area contributed by atoms with Crippen LogP contribution in [-0.2, 0) is 27.2 Å². The molecule has 258 valence electrons. The highest BCUT2D eigenvalue weighted by molar-refractivity contribution is 7.20. The van der Waals surface area contributed by atoms with Crippen LogP contribution in [0, 0.1) is 0 Å². The van der Waals surface area contributed by atoms with Gasteiger partial charge in [0.2, 0.25) is 23.5 Å². The average molecular weight is 711 g/mol. The zero-order chi connectivity index (χ0) is 35.3. The molecule has 5 aromatic rings. The van der Waals surface area contributed by atoms with Gasteiger partial charge in [0.1, 0.15) is 12.1 Å². The van der Waals surface area contributed by atoms with Crippen LogP contribution in [0.1, 0.15) is 51.9 Å². The first-order valence-corrected chi connectivity index (χ1v) is 17.8. The molecule has 0 saturated carbocycles. The first-order valence-electron chi connectivity index (χ1n) is 16.1. The summed E-state index contributed by atoms with van der Waals surface area (Å²) < 4.78 is 0.841. The van der Waals surface area contributed by atoms with Gasteiger partial charge in [-0.05, 0) is 42.5 Å². The molecule has 0 aliphatic rings. The zero-order valence-corrected chi connectivity index (χ0v) is 28.8. The lowest BCUT2D eigenvalue weighted by atomic mass is 10.0. The average Bonchev–Trinajstić information content (AvgIpc) is 3.81. The number of aliphatic imine (C=N–C) groups is 1. The van der Waals surface area contributed by atoms with Crippen molar-refractivity contribution in [1.82, 2.24) is 25.9 Å². The number of hydrogen-bond donors (Lipinski definition) is 5. The number of nitrogens with zero attached hydrogens (tertiary/aromatic N) is 3. The molecular weight excluding hydrogens is 673 g/mol. The van der Waals surface area contributed by atoms with Crippen molar-refractivity contribution < 1.29 is 19.2 Å². The summed E-state index contributed by atoms with van der Waals surface area (Å²) in [4.78, 5) is 67.8. The molecule has 5 rings (SSSR count). The van der Waals surface area contributed by atoms with E-state index in [1.807, 2.05) is 54.6 Å². The highest BCUT2D eigenvalue weighted by atomic mass is 32.1. The van der Waals surface area contributed by atoms with Gasteiger partial charge in [-0.25, -0.2) is 9.97 Å². The van der Waals surface area contributed by atoms with E-state index in [4.69, 9.17) is 11.5 Å². The molecule has 2 heterocycles. The summed E-state index contributed by atoms with van der Waals surface area (Å²) in [5.41, 5.74) is 15.4. The maximum absolute atomic E-state index is 14.1. The predicted octanol–water partition coefficient (Wildman–Crippen LogP) is 3.69. The number of carbonyl (C=O) groups is 4. The normalized spacial score (nSPS) is 12.7. The highest BCUT2D eigenvalue weighted by Crippen LogP contribution is 2.24. The molecule has 14 heteroatoms. The van der Waals surface area contributed by atoms with Gasteiger partial charge in [0.05, 0.1) is 27.5 Å². The summed E-state index contributed by atoms with van der Waals surface area (Å²) in [5.74, 6) is -1.93. The number of para-hydroxylation sites is 1. The number of ketones is 1. The fraction of sp³-hybridized carbons (Fsp3) is 0.250. The van der Waals surface area contributed by atoms with Crippen molar-refractivity contribution >= 4 is 62.4 Å². The minimum absolute atomic E-state index is 0.0747. The quantitative estimate of drug-likeness (QED) is 0.0417. The second kappa shape index (κ2) is 17.8. The molecule has 2 aromatic heterocycles. The summed E-state index contributed by atoms with van der Waals surface area (Å²) in [7, 11) is 0. The molecule has 0 aliphatic carbocycles. The molecule has 3 aromatic carbocycles. The van der Waals surface area contributed by atoms with E-state index in [-0.39, 0.29) is 48.5 Å². The SMILES string of the molecule is NC(N)=NCCC[C@H](NC(=O)[C@@H](NC(=O)[C@H](Cc1cscn1)NC(=O)CCc1ccccc1)c1ccccc1)C(=O)c1nc2ccccc2s1. The molecular formula is C36H38N8O4S2. The second-order valence-corrected chi connectivity index (χ2v) is 13.3. The largest absolute Gasteiger partial charge is 0.370 e. The monoisotopic (exact) mass is 710 g/mol. The number of Topliss-reactive ketones (excluding diaryl/α,β-unsaturated/α-hetero) is 1. The number of benzene rings is 3. The van der Waals surface area contributed by atoms with E-state index in [9.17, 15) is 19.2 Å². The van der Waals surface area contributed by atoms with E-state index < -0.39 is 29.9 Å². The van der Waals surface area contributed by atoms with E-state index >= 15 is 0 Å². The van der Waals surface area contributed by atoms with Crippen LogP contribution in [0.5, 0.6) is 0 Å². The summed E-state index contributed by atoms with van der Waals surface area (Å²) in [5, 5.41) is 10.6. The third kappa shape index (κ3) is 10.3. The lowest BCUT2D eigenvalue weighted by Crippen LogP contribution is -2.52. The topological polar surface area (TPSA) is 195 Å². The van der Waals surface area contributed by atoms with Crippen molar-refractivity contribution in [2.24, 2.45) is 16.5 Å². The molecule has 7 N–H and O–H groups in total. The van der Waals surface area contributed by atoms with Crippen molar-refractivity contribution in [3.63, 3.8) is 0 Å². The van der Waals surface area contributed by atoms with Gasteiger partial charge in [0, 0.05) is 24.8 Å². The molecule has 50 heavy (non-hydrogen) atoms. The summed E-state index contributed by atoms with van der Waals surface area (Å²) in [6.45, 7) is 0.253. The number of aromatic nitrogens is 2. The van der Waals surface area contributed by atoms with Crippen LogP contribution in [0.4, 0.5) is 0 Å². The van der Waals surface area contributed by atoms with E-state index in [0.717, 1.165) is 10.3 Å². The number of aryl methyl sites for hydroxylation is 1. The summed E-state index contributed by atoms with van der Waals surface area (Å²) >= 11 is 2.62. The van der Waals surface area contributed by atoms with Crippen molar-refractivity contribution in [1.29, 1.82) is 0 Å². The lowest BCUT2D eigenvalue weighted by Gasteiger charge is -2.25. The number of fused-ring (bicyclic) bond motifs is 1. The van der Waals surface area contributed by atoms with Crippen molar-refractivity contribution in [3.05, 3.63) is 118 Å². The Morgan fingerprint density at radius 2 is 1.54 bits per heavy atom. The molecule has 0 radical (unpaired) electrons. The molecule has 0 fully saturated rings. The Labute approximate surface area is 297 Å². The summed E-state index contributed by atoms with van der Waals surface area (Å²) in [6, 6.07) is 22.5. The third-order valence-corrected chi connectivity index (χ3v) is 9.48. The Kier molecular flexibility index (Phi) is 12.7. The van der Waals surface area contributed by atoms with Gasteiger partial charge in [-0.2, -0.15) is 0 Å². The molecule has 0 unspecified atom stereocenters. The van der Waals surface area contributed by atoms with E-state index in [2.05, 4.69) is 30.9 Å².